The molecule has 1 aliphatic carbocycles. The summed E-state index contributed by atoms with van der Waals surface area (Å²) in [6.45, 7) is 0. The van der Waals surface area contributed by atoms with Crippen LogP contribution in [0.3, 0.4) is 0 Å². The van der Waals surface area contributed by atoms with Gasteiger partial charge in [0.1, 0.15) is 0 Å². The molecule has 1 spiro atoms. The maximum Gasteiger partial charge on any atom is 0.0736 e. The third kappa shape index (κ3) is 3.67. The van der Waals surface area contributed by atoms with Crippen LogP contribution in [0.1, 0.15) is 22.3 Å². The number of hydrogen-bond acceptors (Lipinski definition) is 1. The lowest BCUT2D eigenvalue weighted by molar-refractivity contribution is 0.724. The second kappa shape index (κ2) is 10.1. The molecule has 0 fully saturated rings. The summed E-state index contributed by atoms with van der Waals surface area (Å²) in [5.41, 5.74) is 13.8. The summed E-state index contributed by atoms with van der Waals surface area (Å²) in [7, 11) is 0. The SMILES string of the molecule is c1ccc2c(c1)Sc1cc3c4ccccc4n(-c4ccc(-c5ccc6ccccc6c5)cc4)c3cc1C21c2ccccc2-c2ccccc21. The van der Waals surface area contributed by atoms with Crippen molar-refractivity contribution >= 4 is 44.3 Å². The van der Waals surface area contributed by atoms with Crippen molar-refractivity contribution in [2.24, 2.45) is 0 Å². The Labute approximate surface area is 289 Å². The molecular formula is C47H29NS. The summed E-state index contributed by atoms with van der Waals surface area (Å²) in [5, 5.41) is 5.09. The summed E-state index contributed by atoms with van der Waals surface area (Å²) in [6, 6.07) is 65.5. The standard InChI is InChI=1S/C47H29NS/c1-2-12-32-27-33(22-21-30(32)11-1)31-23-25-34(26-24-31)48-43-19-9-5-15-37(43)38-28-46-42(29-44(38)48)47(41-18-8-10-20-45(41)49-46)39-16-6-3-13-35(39)36-14-4-7-17-40(36)47/h1-29H. The van der Waals surface area contributed by atoms with Gasteiger partial charge in [0.2, 0.25) is 0 Å². The Bertz CT molecular complexity index is 2760. The van der Waals surface area contributed by atoms with E-state index in [9.17, 15) is 0 Å². The fraction of sp³-hybridized carbons (Fsp3) is 0.0213. The maximum atomic E-state index is 2.52. The lowest BCUT2D eigenvalue weighted by Crippen LogP contribution is -2.32. The molecule has 0 unspecified atom stereocenters. The molecule has 9 aromatic rings. The van der Waals surface area contributed by atoms with Crippen LogP contribution in [0.15, 0.2) is 186 Å². The van der Waals surface area contributed by atoms with Gasteiger partial charge >= 0.3 is 0 Å². The zero-order chi connectivity index (χ0) is 32.1. The number of fused-ring (bicyclic) bond motifs is 13. The number of aromatic nitrogens is 1. The molecule has 1 aromatic heterocycles. The molecule has 0 amide bonds. The van der Waals surface area contributed by atoms with Gasteiger partial charge < -0.3 is 4.57 Å². The van der Waals surface area contributed by atoms with Gasteiger partial charge in [0.05, 0.1) is 16.4 Å². The second-order valence-electron chi connectivity index (χ2n) is 13.3. The third-order valence-corrected chi connectivity index (χ3v) is 12.0. The highest BCUT2D eigenvalue weighted by Gasteiger charge is 2.50. The van der Waals surface area contributed by atoms with Crippen molar-refractivity contribution < 1.29 is 0 Å². The van der Waals surface area contributed by atoms with E-state index in [0.717, 1.165) is 0 Å². The summed E-state index contributed by atoms with van der Waals surface area (Å²) in [4.78, 5) is 2.65. The van der Waals surface area contributed by atoms with Gasteiger partial charge in [-0.25, -0.2) is 0 Å². The Morgan fingerprint density at radius 1 is 0.388 bits per heavy atom. The molecule has 49 heavy (non-hydrogen) atoms. The number of benzene rings is 8. The van der Waals surface area contributed by atoms with Gasteiger partial charge in [0, 0.05) is 26.3 Å². The largest absolute Gasteiger partial charge is 0.309 e. The maximum absolute atomic E-state index is 2.52. The first-order chi connectivity index (χ1) is 24.3. The lowest BCUT2D eigenvalue weighted by Gasteiger charge is -2.39. The number of nitrogens with zero attached hydrogens (tertiary/aromatic N) is 1. The summed E-state index contributed by atoms with van der Waals surface area (Å²) >= 11 is 1.91. The van der Waals surface area contributed by atoms with Gasteiger partial charge in [0.25, 0.3) is 0 Å². The second-order valence-corrected chi connectivity index (χ2v) is 14.4. The van der Waals surface area contributed by atoms with Gasteiger partial charge in [-0.15, -0.1) is 0 Å². The van der Waals surface area contributed by atoms with Crippen LogP contribution in [0.5, 0.6) is 0 Å². The van der Waals surface area contributed by atoms with Crippen LogP contribution in [0.4, 0.5) is 0 Å². The van der Waals surface area contributed by atoms with Crippen LogP contribution < -0.4 is 0 Å². The first kappa shape index (κ1) is 27.2. The zero-order valence-corrected chi connectivity index (χ0v) is 27.4. The molecule has 1 nitrogen and oxygen atoms in total. The lowest BCUT2D eigenvalue weighted by atomic mass is 9.67. The fourth-order valence-corrected chi connectivity index (χ4v) is 9.98. The number of hydrogen-bond donors (Lipinski definition) is 0. The van der Waals surface area contributed by atoms with Crippen LogP contribution in [0, 0.1) is 0 Å². The van der Waals surface area contributed by atoms with E-state index < -0.39 is 5.41 Å². The van der Waals surface area contributed by atoms with Crippen molar-refractivity contribution in [1.82, 2.24) is 4.57 Å². The Kier molecular flexibility index (Phi) is 5.59. The quantitative estimate of drug-likeness (QED) is 0.182. The molecular weight excluding hydrogens is 611 g/mol. The predicted octanol–water partition coefficient (Wildman–Crippen LogP) is 12.4. The number of rotatable bonds is 2. The van der Waals surface area contributed by atoms with Gasteiger partial charge in [-0.1, -0.05) is 145 Å². The topological polar surface area (TPSA) is 4.93 Å². The van der Waals surface area contributed by atoms with Crippen molar-refractivity contribution in [3.8, 4) is 27.9 Å². The Hall–Kier alpha value is -5.83. The molecule has 2 heterocycles. The van der Waals surface area contributed by atoms with Crippen LogP contribution in [0.2, 0.25) is 0 Å². The zero-order valence-electron chi connectivity index (χ0n) is 26.6. The highest BCUT2D eigenvalue weighted by molar-refractivity contribution is 7.99. The van der Waals surface area contributed by atoms with E-state index in [4.69, 9.17) is 0 Å². The molecule has 8 aromatic carbocycles. The van der Waals surface area contributed by atoms with E-state index in [2.05, 4.69) is 180 Å². The van der Waals surface area contributed by atoms with E-state index >= 15 is 0 Å². The van der Waals surface area contributed by atoms with E-state index in [0.29, 0.717) is 0 Å². The Balaban J connectivity index is 1.18. The highest BCUT2D eigenvalue weighted by Crippen LogP contribution is 2.62. The molecule has 2 heteroatoms. The van der Waals surface area contributed by atoms with Crippen molar-refractivity contribution in [2.45, 2.75) is 15.2 Å². The molecule has 0 saturated carbocycles. The van der Waals surface area contributed by atoms with Gasteiger partial charge in [-0.05, 0) is 97.7 Å². The highest BCUT2D eigenvalue weighted by atomic mass is 32.2. The van der Waals surface area contributed by atoms with Crippen molar-refractivity contribution in [1.29, 1.82) is 0 Å². The van der Waals surface area contributed by atoms with Crippen LogP contribution in [-0.4, -0.2) is 4.57 Å². The van der Waals surface area contributed by atoms with E-state index in [1.54, 1.807) is 0 Å². The Morgan fingerprint density at radius 3 is 1.82 bits per heavy atom. The van der Waals surface area contributed by atoms with Crippen LogP contribution >= 0.6 is 11.8 Å². The van der Waals surface area contributed by atoms with Gasteiger partial charge in [-0.2, -0.15) is 0 Å². The van der Waals surface area contributed by atoms with Gasteiger partial charge in [-0.3, -0.25) is 0 Å². The van der Waals surface area contributed by atoms with Crippen LogP contribution in [0.25, 0.3) is 60.5 Å². The van der Waals surface area contributed by atoms with Gasteiger partial charge in [0.15, 0.2) is 0 Å². The van der Waals surface area contributed by atoms with E-state index in [1.165, 1.54) is 92.6 Å². The number of para-hydroxylation sites is 1. The molecule has 0 atom stereocenters. The minimum atomic E-state index is -0.403. The summed E-state index contributed by atoms with van der Waals surface area (Å²) in [6.07, 6.45) is 0. The average Bonchev–Trinajstić information content (AvgIpc) is 3.65. The smallest absolute Gasteiger partial charge is 0.0736 e. The molecule has 228 valence electrons. The van der Waals surface area contributed by atoms with E-state index in [-0.39, 0.29) is 0 Å². The molecule has 0 radical (unpaired) electrons. The van der Waals surface area contributed by atoms with Crippen molar-refractivity contribution in [3.63, 3.8) is 0 Å². The summed E-state index contributed by atoms with van der Waals surface area (Å²) in [5.74, 6) is 0. The van der Waals surface area contributed by atoms with Crippen molar-refractivity contribution in [2.75, 3.05) is 0 Å². The minimum Gasteiger partial charge on any atom is -0.309 e. The third-order valence-electron chi connectivity index (χ3n) is 10.8. The van der Waals surface area contributed by atoms with E-state index in [1.807, 2.05) is 11.8 Å². The van der Waals surface area contributed by atoms with Crippen LogP contribution in [-0.2, 0) is 5.41 Å². The molecule has 0 saturated heterocycles. The molecule has 0 N–H and O–H groups in total. The molecule has 1 aliphatic heterocycles. The first-order valence-corrected chi connectivity index (χ1v) is 17.7. The fourth-order valence-electron chi connectivity index (χ4n) is 8.77. The minimum absolute atomic E-state index is 0.403. The summed E-state index contributed by atoms with van der Waals surface area (Å²) < 4.78 is 2.47. The normalized spacial score (nSPS) is 13.8. The monoisotopic (exact) mass is 639 g/mol. The molecule has 11 rings (SSSR count). The average molecular weight is 640 g/mol. The molecule has 0 bridgehead atoms. The molecule has 2 aliphatic rings. The predicted molar refractivity (Wildman–Crippen MR) is 205 cm³/mol. The van der Waals surface area contributed by atoms with Crippen molar-refractivity contribution in [3.05, 3.63) is 198 Å². The Morgan fingerprint density at radius 2 is 1.02 bits per heavy atom. The first-order valence-electron chi connectivity index (χ1n) is 16.9.